The zero-order valence-corrected chi connectivity index (χ0v) is 32.0. The van der Waals surface area contributed by atoms with E-state index in [4.69, 9.17) is 15.2 Å². The number of alkyl carbamates (subject to hydrolysis) is 1. The molecule has 4 unspecified atom stereocenters. The first-order valence-corrected chi connectivity index (χ1v) is 18.7. The molecule has 1 heterocycles. The Morgan fingerprint density at radius 2 is 1.57 bits per heavy atom. The Hall–Kier alpha value is -4.53. The lowest BCUT2D eigenvalue weighted by Crippen LogP contribution is -2.61. The van der Waals surface area contributed by atoms with Gasteiger partial charge in [-0.25, -0.2) is 4.79 Å². The quantitative estimate of drug-likeness (QED) is 0.148. The Morgan fingerprint density at radius 1 is 0.906 bits per heavy atom. The van der Waals surface area contributed by atoms with Gasteiger partial charge in [-0.05, 0) is 63.0 Å². The summed E-state index contributed by atoms with van der Waals surface area (Å²) in [5.74, 6) is -4.78. The van der Waals surface area contributed by atoms with Crippen molar-refractivity contribution in [2.45, 2.75) is 129 Å². The number of benzene rings is 1. The first kappa shape index (κ1) is 42.9. The van der Waals surface area contributed by atoms with Crippen LogP contribution in [0.3, 0.4) is 0 Å². The van der Waals surface area contributed by atoms with E-state index < -0.39 is 77.7 Å². The molecule has 53 heavy (non-hydrogen) atoms. The molecule has 4 atom stereocenters. The molecule has 6 amide bonds. The van der Waals surface area contributed by atoms with Crippen molar-refractivity contribution in [3.63, 3.8) is 0 Å². The topological polar surface area (TPSA) is 215 Å². The molecule has 294 valence electrons. The van der Waals surface area contributed by atoms with Crippen LogP contribution in [-0.2, 0) is 51.2 Å². The first-order chi connectivity index (χ1) is 25.0. The number of nitrogens with one attached hydrogen (secondary N) is 4. The average molecular weight is 743 g/mol. The number of fused-ring (bicyclic) bond motifs is 1. The van der Waals surface area contributed by atoms with Gasteiger partial charge in [0, 0.05) is 13.0 Å². The Morgan fingerprint density at radius 3 is 2.17 bits per heavy atom. The molecule has 3 rings (SSSR count). The van der Waals surface area contributed by atoms with Crippen molar-refractivity contribution in [3.05, 3.63) is 35.4 Å². The molecule has 1 fully saturated rings. The third kappa shape index (κ3) is 13.4. The van der Waals surface area contributed by atoms with E-state index in [-0.39, 0.29) is 44.4 Å². The van der Waals surface area contributed by atoms with Crippen LogP contribution in [0.15, 0.2) is 24.3 Å². The van der Waals surface area contributed by atoms with E-state index >= 15 is 0 Å². The van der Waals surface area contributed by atoms with Crippen molar-refractivity contribution in [1.82, 2.24) is 26.2 Å². The highest BCUT2D eigenvalue weighted by molar-refractivity contribution is 6.38. The number of amides is 6. The first-order valence-electron chi connectivity index (χ1n) is 18.7. The van der Waals surface area contributed by atoms with E-state index in [2.05, 4.69) is 21.3 Å². The van der Waals surface area contributed by atoms with Crippen molar-refractivity contribution in [2.24, 2.45) is 17.6 Å². The maximum absolute atomic E-state index is 14.5. The maximum atomic E-state index is 14.5. The molecule has 0 saturated heterocycles. The van der Waals surface area contributed by atoms with Gasteiger partial charge in [-0.2, -0.15) is 0 Å². The number of Topliss-reactive ketones (excluding diaryl/α,β-unsaturated/α-hetero) is 1. The molecule has 1 aliphatic carbocycles. The average Bonchev–Trinajstić information content (AvgIpc) is 3.12. The van der Waals surface area contributed by atoms with Gasteiger partial charge in [0.15, 0.2) is 0 Å². The number of ketones is 1. The van der Waals surface area contributed by atoms with E-state index in [1.54, 1.807) is 27.7 Å². The van der Waals surface area contributed by atoms with Gasteiger partial charge in [0.05, 0.1) is 31.4 Å². The Bertz CT molecular complexity index is 1470. The maximum Gasteiger partial charge on any atom is 0.407 e. The molecule has 15 heteroatoms. The fourth-order valence-corrected chi connectivity index (χ4v) is 6.43. The summed E-state index contributed by atoms with van der Waals surface area (Å²) in [5.41, 5.74) is 6.51. The smallest absolute Gasteiger partial charge is 0.407 e. The largest absolute Gasteiger partial charge is 0.449 e. The van der Waals surface area contributed by atoms with Crippen LogP contribution < -0.4 is 27.0 Å². The minimum absolute atomic E-state index is 0.0990. The summed E-state index contributed by atoms with van der Waals surface area (Å²) in [6.07, 6.45) is 4.32. The number of hydrogen-bond acceptors (Lipinski definition) is 9. The van der Waals surface area contributed by atoms with E-state index in [1.165, 1.54) is 4.90 Å². The summed E-state index contributed by atoms with van der Waals surface area (Å²) < 4.78 is 10.9. The van der Waals surface area contributed by atoms with E-state index in [0.717, 1.165) is 43.2 Å². The highest BCUT2D eigenvalue weighted by Gasteiger charge is 2.42. The van der Waals surface area contributed by atoms with Gasteiger partial charge < -0.3 is 41.4 Å². The zero-order valence-electron chi connectivity index (χ0n) is 32.0. The Kier molecular flexibility index (Phi) is 16.2. The van der Waals surface area contributed by atoms with Gasteiger partial charge >= 0.3 is 6.09 Å². The fraction of sp³-hybridized carbons (Fsp3) is 0.658. The lowest BCUT2D eigenvalue weighted by molar-refractivity contribution is -0.146. The van der Waals surface area contributed by atoms with Crippen molar-refractivity contribution < 1.29 is 43.0 Å². The number of ether oxygens (including phenoxy) is 2. The van der Waals surface area contributed by atoms with Crippen LogP contribution >= 0.6 is 0 Å². The number of rotatable bonds is 17. The molecule has 0 radical (unpaired) electrons. The number of carbonyl (C=O) groups is 7. The molecular formula is C38H58N6O9. The van der Waals surface area contributed by atoms with Crippen molar-refractivity contribution in [2.75, 3.05) is 19.8 Å². The minimum Gasteiger partial charge on any atom is -0.449 e. The van der Waals surface area contributed by atoms with Crippen LogP contribution in [0.25, 0.3) is 0 Å². The Balaban J connectivity index is 1.77. The molecule has 1 aromatic rings. The van der Waals surface area contributed by atoms with Crippen molar-refractivity contribution >= 4 is 41.4 Å². The molecule has 2 aliphatic rings. The van der Waals surface area contributed by atoms with Gasteiger partial charge in [-0.3, -0.25) is 28.8 Å². The summed E-state index contributed by atoms with van der Waals surface area (Å²) in [6, 6.07) is 3.08. The molecule has 15 nitrogen and oxygen atoms in total. The predicted molar refractivity (Wildman–Crippen MR) is 196 cm³/mol. The van der Waals surface area contributed by atoms with Crippen LogP contribution in [0, 0.1) is 11.8 Å². The molecule has 0 aromatic heterocycles. The minimum atomic E-state index is -1.25. The summed E-state index contributed by atoms with van der Waals surface area (Å²) in [5, 5.41) is 10.2. The standard InChI is InChI=1S/C38H58N6O9/c1-7-13-27(32(46)35(49)40-19-30(45)41-28(33(39)47)22-53-38(4,5)6)42-34(48)29-18-25-16-11-12-17-26(25)20-44(29)36(50)31(24-14-9-8-10-15-24)43-37(51)52-21-23(2)3/h11-12,16-17,23-24,27-29,31H,7-10,13-15,18-22H2,1-6H3,(H2,39,47)(H,40,49)(H,41,45)(H,42,48)(H,43,51). The summed E-state index contributed by atoms with van der Waals surface area (Å²) in [4.78, 5) is 93.6. The third-order valence-electron chi connectivity index (χ3n) is 9.25. The molecule has 1 saturated carbocycles. The molecule has 0 bridgehead atoms. The van der Waals surface area contributed by atoms with Gasteiger partial charge in [-0.15, -0.1) is 0 Å². The number of nitrogens with zero attached hydrogens (tertiary/aromatic N) is 1. The highest BCUT2D eigenvalue weighted by Crippen LogP contribution is 2.30. The van der Waals surface area contributed by atoms with Crippen LogP contribution in [0.4, 0.5) is 4.79 Å². The monoisotopic (exact) mass is 742 g/mol. The normalized spacial score (nSPS) is 17.8. The molecular weight excluding hydrogens is 684 g/mol. The summed E-state index contributed by atoms with van der Waals surface area (Å²) in [7, 11) is 0. The van der Waals surface area contributed by atoms with Gasteiger partial charge in [-0.1, -0.05) is 70.7 Å². The number of nitrogens with two attached hydrogens (primary N) is 1. The number of hydrogen-bond donors (Lipinski definition) is 5. The van der Waals surface area contributed by atoms with Crippen molar-refractivity contribution in [1.29, 1.82) is 0 Å². The molecule has 6 N–H and O–H groups in total. The van der Waals surface area contributed by atoms with E-state index in [1.807, 2.05) is 38.1 Å². The second kappa shape index (κ2) is 20.1. The fourth-order valence-electron chi connectivity index (χ4n) is 6.43. The number of carbonyl (C=O) groups excluding carboxylic acids is 7. The second-order valence-corrected chi connectivity index (χ2v) is 15.3. The van der Waals surface area contributed by atoms with Gasteiger partial charge in [0.1, 0.15) is 18.1 Å². The lowest BCUT2D eigenvalue weighted by atomic mass is 9.82. The lowest BCUT2D eigenvalue weighted by Gasteiger charge is -2.40. The zero-order chi connectivity index (χ0) is 39.3. The van der Waals surface area contributed by atoms with Gasteiger partial charge in [0.25, 0.3) is 5.91 Å². The Labute approximate surface area is 312 Å². The third-order valence-corrected chi connectivity index (χ3v) is 9.25. The second-order valence-electron chi connectivity index (χ2n) is 15.3. The molecule has 1 aromatic carbocycles. The van der Waals surface area contributed by atoms with Crippen LogP contribution in [-0.4, -0.2) is 95.8 Å². The van der Waals surface area contributed by atoms with E-state index in [0.29, 0.717) is 6.42 Å². The van der Waals surface area contributed by atoms with Crippen LogP contribution in [0.5, 0.6) is 0 Å². The summed E-state index contributed by atoms with van der Waals surface area (Å²) in [6.45, 7) is 10.4. The van der Waals surface area contributed by atoms with E-state index in [9.17, 15) is 33.6 Å². The number of primary amides is 1. The van der Waals surface area contributed by atoms with Crippen LogP contribution in [0.1, 0.15) is 97.6 Å². The van der Waals surface area contributed by atoms with Crippen molar-refractivity contribution in [3.8, 4) is 0 Å². The molecule has 1 aliphatic heterocycles. The summed E-state index contributed by atoms with van der Waals surface area (Å²) >= 11 is 0. The van der Waals surface area contributed by atoms with Gasteiger partial charge in [0.2, 0.25) is 29.4 Å². The predicted octanol–water partition coefficient (Wildman–Crippen LogP) is 2.03. The molecule has 0 spiro atoms. The highest BCUT2D eigenvalue weighted by atomic mass is 16.5. The SMILES string of the molecule is CCCC(NC(=O)C1Cc2ccccc2CN1C(=O)C(NC(=O)OCC(C)C)C1CCCCC1)C(=O)C(=O)NCC(=O)NC(COC(C)(C)C)C(N)=O. The van der Waals surface area contributed by atoms with Crippen LogP contribution in [0.2, 0.25) is 0 Å².